The summed E-state index contributed by atoms with van der Waals surface area (Å²) < 4.78 is 13.5. The van der Waals surface area contributed by atoms with Crippen LogP contribution in [0.25, 0.3) is 0 Å². The number of nitrogens with one attached hydrogen (secondary N) is 1. The van der Waals surface area contributed by atoms with Gasteiger partial charge in [-0.3, -0.25) is 0 Å². The summed E-state index contributed by atoms with van der Waals surface area (Å²) in [7, 11) is 0. The molecule has 1 atom stereocenters. The van der Waals surface area contributed by atoms with Gasteiger partial charge in [0.2, 0.25) is 0 Å². The second kappa shape index (κ2) is 7.07. The van der Waals surface area contributed by atoms with Crippen molar-refractivity contribution in [3.05, 3.63) is 69.5 Å². The van der Waals surface area contributed by atoms with Gasteiger partial charge in [0, 0.05) is 16.1 Å². The number of likely N-dealkylation sites (N-methyl/N-ethyl adjacent to an activating group) is 1. The van der Waals surface area contributed by atoms with E-state index in [9.17, 15) is 4.39 Å². The van der Waals surface area contributed by atoms with Crippen molar-refractivity contribution in [3.63, 3.8) is 0 Å². The molecule has 1 N–H and O–H groups in total. The Morgan fingerprint density at radius 1 is 1.10 bits per heavy atom. The van der Waals surface area contributed by atoms with Gasteiger partial charge in [0.05, 0.1) is 0 Å². The van der Waals surface area contributed by atoms with Gasteiger partial charge >= 0.3 is 0 Å². The summed E-state index contributed by atoms with van der Waals surface area (Å²) in [5.41, 5.74) is 1.77. The standard InChI is InChI=1S/C16H16Cl2FN/c1-2-20-16(9-11-5-3-4-6-14(11)17)13-10-12(19)7-8-15(13)18/h3-8,10,16,20H,2,9H2,1H3. The third-order valence-corrected chi connectivity index (χ3v) is 3.88. The summed E-state index contributed by atoms with van der Waals surface area (Å²) in [5.74, 6) is -0.286. The fourth-order valence-electron chi connectivity index (χ4n) is 2.20. The van der Waals surface area contributed by atoms with E-state index in [2.05, 4.69) is 5.32 Å². The lowest BCUT2D eigenvalue weighted by atomic mass is 9.98. The lowest BCUT2D eigenvalue weighted by Gasteiger charge is -2.20. The minimum absolute atomic E-state index is 0.0666. The normalized spacial score (nSPS) is 12.4. The Labute approximate surface area is 128 Å². The average Bonchev–Trinajstić information content (AvgIpc) is 2.43. The van der Waals surface area contributed by atoms with Crippen molar-refractivity contribution in [3.8, 4) is 0 Å². The highest BCUT2D eigenvalue weighted by molar-refractivity contribution is 6.31. The van der Waals surface area contributed by atoms with Gasteiger partial charge in [-0.05, 0) is 48.4 Å². The maximum absolute atomic E-state index is 13.5. The number of hydrogen-bond acceptors (Lipinski definition) is 1. The van der Waals surface area contributed by atoms with E-state index in [4.69, 9.17) is 23.2 Å². The van der Waals surface area contributed by atoms with Crippen LogP contribution >= 0.6 is 23.2 Å². The molecule has 2 aromatic rings. The van der Waals surface area contributed by atoms with Crippen LogP contribution in [0.5, 0.6) is 0 Å². The molecule has 1 nitrogen and oxygen atoms in total. The van der Waals surface area contributed by atoms with Crippen LogP contribution < -0.4 is 5.32 Å². The van der Waals surface area contributed by atoms with Crippen molar-refractivity contribution in [2.75, 3.05) is 6.54 Å². The Balaban J connectivity index is 2.32. The number of rotatable bonds is 5. The van der Waals surface area contributed by atoms with Gasteiger partial charge in [-0.25, -0.2) is 4.39 Å². The first kappa shape index (κ1) is 15.3. The molecule has 0 amide bonds. The Bertz CT molecular complexity index is 586. The number of halogens is 3. The van der Waals surface area contributed by atoms with Gasteiger partial charge < -0.3 is 5.32 Å². The third kappa shape index (κ3) is 3.72. The molecule has 0 radical (unpaired) electrons. The number of benzene rings is 2. The van der Waals surface area contributed by atoms with Crippen LogP contribution in [0, 0.1) is 5.82 Å². The zero-order valence-corrected chi connectivity index (χ0v) is 12.7. The molecule has 1 unspecified atom stereocenters. The molecule has 0 aliphatic carbocycles. The molecule has 0 aromatic heterocycles. The van der Waals surface area contributed by atoms with Crippen molar-refractivity contribution in [2.45, 2.75) is 19.4 Å². The minimum atomic E-state index is -0.286. The Hall–Kier alpha value is -1.09. The van der Waals surface area contributed by atoms with E-state index in [1.54, 1.807) is 6.07 Å². The molecule has 0 saturated carbocycles. The second-order valence-electron chi connectivity index (χ2n) is 4.57. The molecule has 2 aromatic carbocycles. The molecule has 20 heavy (non-hydrogen) atoms. The topological polar surface area (TPSA) is 12.0 Å². The highest BCUT2D eigenvalue weighted by atomic mass is 35.5. The molecule has 0 aliphatic heterocycles. The van der Waals surface area contributed by atoms with Gasteiger partial charge in [-0.2, -0.15) is 0 Å². The maximum atomic E-state index is 13.5. The lowest BCUT2D eigenvalue weighted by molar-refractivity contribution is 0.543. The maximum Gasteiger partial charge on any atom is 0.123 e. The fourth-order valence-corrected chi connectivity index (χ4v) is 2.67. The first-order chi connectivity index (χ1) is 9.61. The average molecular weight is 312 g/mol. The van der Waals surface area contributed by atoms with Crippen molar-refractivity contribution in [1.82, 2.24) is 5.32 Å². The van der Waals surface area contributed by atoms with E-state index in [1.807, 2.05) is 31.2 Å². The molecule has 0 bridgehead atoms. The summed E-state index contributed by atoms with van der Waals surface area (Å²) >= 11 is 12.4. The molecule has 0 heterocycles. The monoisotopic (exact) mass is 311 g/mol. The largest absolute Gasteiger partial charge is 0.310 e. The van der Waals surface area contributed by atoms with Gasteiger partial charge in [0.25, 0.3) is 0 Å². The summed E-state index contributed by atoms with van der Waals surface area (Å²) in [5, 5.41) is 4.60. The first-order valence-electron chi connectivity index (χ1n) is 6.53. The van der Waals surface area contributed by atoms with E-state index < -0.39 is 0 Å². The van der Waals surface area contributed by atoms with Crippen LogP contribution in [-0.2, 0) is 6.42 Å². The molecule has 2 rings (SSSR count). The highest BCUT2D eigenvalue weighted by Gasteiger charge is 2.16. The Morgan fingerprint density at radius 3 is 2.55 bits per heavy atom. The Kier molecular flexibility index (Phi) is 5.41. The summed E-state index contributed by atoms with van der Waals surface area (Å²) in [6.45, 7) is 2.77. The van der Waals surface area contributed by atoms with Crippen LogP contribution in [-0.4, -0.2) is 6.54 Å². The van der Waals surface area contributed by atoms with E-state index in [-0.39, 0.29) is 11.9 Å². The van der Waals surface area contributed by atoms with Crippen LogP contribution in [0.4, 0.5) is 4.39 Å². The van der Waals surface area contributed by atoms with Crippen molar-refractivity contribution < 1.29 is 4.39 Å². The van der Waals surface area contributed by atoms with E-state index >= 15 is 0 Å². The third-order valence-electron chi connectivity index (χ3n) is 3.17. The van der Waals surface area contributed by atoms with Gasteiger partial charge in [-0.1, -0.05) is 48.3 Å². The summed E-state index contributed by atoms with van der Waals surface area (Å²) in [4.78, 5) is 0. The predicted octanol–water partition coefficient (Wildman–Crippen LogP) is 5.03. The molecular formula is C16H16Cl2FN. The van der Waals surface area contributed by atoms with Crippen LogP contribution in [0.1, 0.15) is 24.1 Å². The molecule has 0 fully saturated rings. The second-order valence-corrected chi connectivity index (χ2v) is 5.39. The van der Waals surface area contributed by atoms with E-state index in [0.29, 0.717) is 16.5 Å². The molecule has 106 valence electrons. The number of hydrogen-bond donors (Lipinski definition) is 1. The van der Waals surface area contributed by atoms with E-state index in [1.165, 1.54) is 12.1 Å². The van der Waals surface area contributed by atoms with Crippen LogP contribution in [0.3, 0.4) is 0 Å². The fraction of sp³-hybridized carbons (Fsp3) is 0.250. The van der Waals surface area contributed by atoms with Crippen molar-refractivity contribution >= 4 is 23.2 Å². The lowest BCUT2D eigenvalue weighted by Crippen LogP contribution is -2.23. The van der Waals surface area contributed by atoms with Gasteiger partial charge in [-0.15, -0.1) is 0 Å². The smallest absolute Gasteiger partial charge is 0.123 e. The van der Waals surface area contributed by atoms with Crippen molar-refractivity contribution in [1.29, 1.82) is 0 Å². The molecule has 0 aliphatic rings. The summed E-state index contributed by atoms with van der Waals surface area (Å²) in [6, 6.07) is 12.0. The zero-order valence-electron chi connectivity index (χ0n) is 11.2. The first-order valence-corrected chi connectivity index (χ1v) is 7.29. The minimum Gasteiger partial charge on any atom is -0.310 e. The van der Waals surface area contributed by atoms with Gasteiger partial charge in [0.1, 0.15) is 5.82 Å². The Morgan fingerprint density at radius 2 is 1.85 bits per heavy atom. The molecule has 0 saturated heterocycles. The quantitative estimate of drug-likeness (QED) is 0.817. The van der Waals surface area contributed by atoms with Gasteiger partial charge in [0.15, 0.2) is 0 Å². The van der Waals surface area contributed by atoms with E-state index in [0.717, 1.165) is 17.7 Å². The summed E-state index contributed by atoms with van der Waals surface area (Å²) in [6.07, 6.45) is 0.663. The van der Waals surface area contributed by atoms with Crippen LogP contribution in [0.15, 0.2) is 42.5 Å². The van der Waals surface area contributed by atoms with Crippen molar-refractivity contribution in [2.24, 2.45) is 0 Å². The molecular weight excluding hydrogens is 296 g/mol. The zero-order chi connectivity index (χ0) is 14.5. The van der Waals surface area contributed by atoms with Crippen LogP contribution in [0.2, 0.25) is 10.0 Å². The molecule has 0 spiro atoms. The SMILES string of the molecule is CCNC(Cc1ccccc1Cl)c1cc(F)ccc1Cl. The predicted molar refractivity (Wildman–Crippen MR) is 83.0 cm³/mol. The molecule has 4 heteroatoms. The highest BCUT2D eigenvalue weighted by Crippen LogP contribution is 2.28.